The monoisotopic (exact) mass is 341 g/mol. The first-order valence-corrected chi connectivity index (χ1v) is 9.16. The molecule has 7 nitrogen and oxygen atoms in total. The summed E-state index contributed by atoms with van der Waals surface area (Å²) in [5.74, 6) is 0.853. The van der Waals surface area contributed by atoms with Crippen LogP contribution in [0.1, 0.15) is 12.5 Å². The fourth-order valence-corrected chi connectivity index (χ4v) is 3.60. The molecule has 0 aromatic heterocycles. The van der Waals surface area contributed by atoms with Crippen LogP contribution in [-0.2, 0) is 10.0 Å². The highest BCUT2D eigenvalue weighted by molar-refractivity contribution is 7.89. The number of aryl methyl sites for hydroxylation is 1. The van der Waals surface area contributed by atoms with Crippen LogP contribution in [0.4, 0.5) is 10.5 Å². The highest BCUT2D eigenvalue weighted by Gasteiger charge is 2.27. The zero-order chi connectivity index (χ0) is 17.0. The number of benzene rings is 1. The number of rotatable bonds is 4. The first kappa shape index (κ1) is 17.6. The van der Waals surface area contributed by atoms with Crippen LogP contribution in [0.25, 0.3) is 0 Å². The van der Waals surface area contributed by atoms with Gasteiger partial charge in [0.2, 0.25) is 10.0 Å². The molecule has 0 spiro atoms. The van der Waals surface area contributed by atoms with Crippen molar-refractivity contribution in [1.82, 2.24) is 9.21 Å². The van der Waals surface area contributed by atoms with E-state index >= 15 is 0 Å². The van der Waals surface area contributed by atoms with E-state index in [2.05, 4.69) is 5.32 Å². The molecule has 1 fully saturated rings. The van der Waals surface area contributed by atoms with E-state index in [9.17, 15) is 13.2 Å². The van der Waals surface area contributed by atoms with Crippen molar-refractivity contribution in [3.05, 3.63) is 23.8 Å². The molecule has 0 radical (unpaired) electrons. The summed E-state index contributed by atoms with van der Waals surface area (Å²) in [6.45, 7) is 4.99. The smallest absolute Gasteiger partial charge is 0.321 e. The van der Waals surface area contributed by atoms with Gasteiger partial charge in [-0.2, -0.15) is 4.31 Å². The van der Waals surface area contributed by atoms with Gasteiger partial charge in [-0.15, -0.1) is 0 Å². The fourth-order valence-electron chi connectivity index (χ4n) is 2.51. The molecule has 0 unspecified atom stereocenters. The number of nitrogens with one attached hydrogen (secondary N) is 1. The van der Waals surface area contributed by atoms with Gasteiger partial charge in [0, 0.05) is 31.9 Å². The molecule has 1 aliphatic heterocycles. The number of piperazine rings is 1. The van der Waals surface area contributed by atoms with Gasteiger partial charge in [0.15, 0.2) is 0 Å². The molecule has 1 heterocycles. The number of carbonyl (C=O) groups is 1. The van der Waals surface area contributed by atoms with E-state index in [-0.39, 0.29) is 11.8 Å². The third-order valence-corrected chi connectivity index (χ3v) is 5.81. The summed E-state index contributed by atoms with van der Waals surface area (Å²) in [6, 6.07) is 5.20. The molecule has 2 rings (SSSR count). The van der Waals surface area contributed by atoms with Crippen LogP contribution in [0, 0.1) is 6.92 Å². The van der Waals surface area contributed by atoms with E-state index in [0.717, 1.165) is 11.3 Å². The Labute approximate surface area is 137 Å². The average molecular weight is 341 g/mol. The minimum Gasteiger partial charge on any atom is -0.496 e. The molecule has 1 saturated heterocycles. The second kappa shape index (κ2) is 7.18. The summed E-state index contributed by atoms with van der Waals surface area (Å²) in [5.41, 5.74) is 1.63. The highest BCUT2D eigenvalue weighted by Crippen LogP contribution is 2.21. The van der Waals surface area contributed by atoms with Gasteiger partial charge in [0.1, 0.15) is 5.75 Å². The predicted molar refractivity (Wildman–Crippen MR) is 89.4 cm³/mol. The Morgan fingerprint density at radius 1 is 1.26 bits per heavy atom. The molecule has 1 aliphatic rings. The number of hydrogen-bond acceptors (Lipinski definition) is 4. The summed E-state index contributed by atoms with van der Waals surface area (Å²) in [4.78, 5) is 13.9. The lowest BCUT2D eigenvalue weighted by molar-refractivity contribution is 0.184. The van der Waals surface area contributed by atoms with Gasteiger partial charge < -0.3 is 15.0 Å². The molecule has 8 heteroatoms. The maximum Gasteiger partial charge on any atom is 0.321 e. The van der Waals surface area contributed by atoms with Gasteiger partial charge in [-0.1, -0.05) is 0 Å². The number of urea groups is 1. The molecular weight excluding hydrogens is 318 g/mol. The molecule has 2 amide bonds. The molecule has 1 aromatic carbocycles. The highest BCUT2D eigenvalue weighted by atomic mass is 32.2. The third-order valence-electron chi connectivity index (χ3n) is 3.93. The van der Waals surface area contributed by atoms with Crippen LogP contribution in [0.5, 0.6) is 5.75 Å². The fraction of sp³-hybridized carbons (Fsp3) is 0.533. The number of carbonyl (C=O) groups excluding carboxylic acids is 1. The summed E-state index contributed by atoms with van der Waals surface area (Å²) in [6.07, 6.45) is 0. The van der Waals surface area contributed by atoms with Crippen LogP contribution < -0.4 is 10.1 Å². The second-order valence-electron chi connectivity index (χ2n) is 5.40. The summed E-state index contributed by atoms with van der Waals surface area (Å²) >= 11 is 0. The standard InChI is InChI=1S/C15H23N3O4S/c1-4-23(20,21)18-9-7-17(8-10-18)15(19)16-13-5-6-14(22-3)12(2)11-13/h5-6,11H,4,7-10H2,1-3H3,(H,16,19). The van der Waals surface area contributed by atoms with Crippen molar-refractivity contribution in [3.63, 3.8) is 0 Å². The number of hydrogen-bond donors (Lipinski definition) is 1. The first-order chi connectivity index (χ1) is 10.9. The van der Waals surface area contributed by atoms with Gasteiger partial charge in [0.25, 0.3) is 0 Å². The lowest BCUT2D eigenvalue weighted by Crippen LogP contribution is -2.51. The number of nitrogens with zero attached hydrogens (tertiary/aromatic N) is 2. The Kier molecular flexibility index (Phi) is 5.48. The van der Waals surface area contributed by atoms with Gasteiger partial charge >= 0.3 is 6.03 Å². The zero-order valence-corrected chi connectivity index (χ0v) is 14.5. The molecule has 0 aliphatic carbocycles. The summed E-state index contributed by atoms with van der Waals surface area (Å²) in [7, 11) is -1.58. The van der Waals surface area contributed by atoms with Crippen LogP contribution in [-0.4, -0.2) is 62.7 Å². The van der Waals surface area contributed by atoms with Gasteiger partial charge in [-0.25, -0.2) is 13.2 Å². The van der Waals surface area contributed by atoms with E-state index in [0.29, 0.717) is 31.9 Å². The Morgan fingerprint density at radius 3 is 2.43 bits per heavy atom. The minimum absolute atomic E-state index is 0.0876. The van der Waals surface area contributed by atoms with Crippen molar-refractivity contribution in [1.29, 1.82) is 0 Å². The van der Waals surface area contributed by atoms with E-state index in [1.165, 1.54) is 4.31 Å². The molecule has 0 atom stereocenters. The summed E-state index contributed by atoms with van der Waals surface area (Å²) < 4.78 is 30.3. The quantitative estimate of drug-likeness (QED) is 0.900. The molecule has 23 heavy (non-hydrogen) atoms. The van der Waals surface area contributed by atoms with Crippen molar-refractivity contribution in [3.8, 4) is 5.75 Å². The van der Waals surface area contributed by atoms with Crippen molar-refractivity contribution in [2.75, 3.05) is 44.4 Å². The van der Waals surface area contributed by atoms with E-state index in [1.807, 2.05) is 13.0 Å². The van der Waals surface area contributed by atoms with Gasteiger partial charge in [0.05, 0.1) is 12.9 Å². The lowest BCUT2D eigenvalue weighted by atomic mass is 10.2. The number of anilines is 1. The molecule has 128 valence electrons. The Morgan fingerprint density at radius 2 is 1.91 bits per heavy atom. The SMILES string of the molecule is CCS(=O)(=O)N1CCN(C(=O)Nc2ccc(OC)c(C)c2)CC1. The topological polar surface area (TPSA) is 79.0 Å². The lowest BCUT2D eigenvalue weighted by Gasteiger charge is -2.33. The van der Waals surface area contributed by atoms with Gasteiger partial charge in [-0.3, -0.25) is 0 Å². The van der Waals surface area contributed by atoms with Crippen molar-refractivity contribution in [2.45, 2.75) is 13.8 Å². The van der Waals surface area contributed by atoms with Crippen LogP contribution in [0.15, 0.2) is 18.2 Å². The third kappa shape index (κ3) is 4.14. The molecule has 0 bridgehead atoms. The minimum atomic E-state index is -3.18. The Balaban J connectivity index is 1.94. The first-order valence-electron chi connectivity index (χ1n) is 7.55. The van der Waals surface area contributed by atoms with Crippen LogP contribution in [0.2, 0.25) is 0 Å². The Hall–Kier alpha value is -1.80. The maximum atomic E-state index is 12.3. The predicted octanol–water partition coefficient (Wildman–Crippen LogP) is 1.50. The number of amides is 2. The molecule has 0 saturated carbocycles. The maximum absolute atomic E-state index is 12.3. The van der Waals surface area contributed by atoms with Crippen molar-refractivity contribution in [2.24, 2.45) is 0 Å². The van der Waals surface area contributed by atoms with Gasteiger partial charge in [-0.05, 0) is 37.6 Å². The van der Waals surface area contributed by atoms with Crippen LogP contribution >= 0.6 is 0 Å². The number of sulfonamides is 1. The molecule has 1 aromatic rings. The normalized spacial score (nSPS) is 16.2. The molecular formula is C15H23N3O4S. The average Bonchev–Trinajstić information content (AvgIpc) is 2.55. The van der Waals surface area contributed by atoms with Crippen molar-refractivity contribution >= 4 is 21.7 Å². The van der Waals surface area contributed by atoms with E-state index < -0.39 is 10.0 Å². The van der Waals surface area contributed by atoms with Crippen molar-refractivity contribution < 1.29 is 17.9 Å². The largest absolute Gasteiger partial charge is 0.496 e. The Bertz CT molecular complexity index is 667. The van der Waals surface area contributed by atoms with Crippen LogP contribution in [0.3, 0.4) is 0 Å². The van der Waals surface area contributed by atoms with E-state index in [1.54, 1.807) is 31.1 Å². The molecule has 1 N–H and O–H groups in total. The zero-order valence-electron chi connectivity index (χ0n) is 13.7. The second-order valence-corrected chi connectivity index (χ2v) is 7.66. The number of methoxy groups -OCH3 is 1. The summed E-state index contributed by atoms with van der Waals surface area (Å²) in [5, 5.41) is 2.83. The number of ether oxygens (including phenoxy) is 1. The van der Waals surface area contributed by atoms with E-state index in [4.69, 9.17) is 4.74 Å².